The summed E-state index contributed by atoms with van der Waals surface area (Å²) < 4.78 is 0. The average molecular weight is 224 g/mol. The van der Waals surface area contributed by atoms with E-state index >= 15 is 0 Å². The minimum Gasteiger partial charge on any atom is -0.274 e. The number of hydroxylamine groups is 2. The Morgan fingerprint density at radius 3 is 2.62 bits per heavy atom. The number of hydrogen-bond acceptors (Lipinski definition) is 4. The predicted octanol–water partition coefficient (Wildman–Crippen LogP) is 1.54. The molecule has 0 atom stereocenters. The molecular formula is C10H12N2O4. The van der Waals surface area contributed by atoms with E-state index in [-0.39, 0.29) is 11.3 Å². The maximum Gasteiger partial charge on any atom is 0.284 e. The molecule has 1 aromatic rings. The van der Waals surface area contributed by atoms with E-state index in [1.54, 1.807) is 13.0 Å². The van der Waals surface area contributed by atoms with Gasteiger partial charge < -0.3 is 0 Å². The normalized spacial score (nSPS) is 9.94. The zero-order chi connectivity index (χ0) is 12.3. The van der Waals surface area contributed by atoms with Gasteiger partial charge in [0.25, 0.3) is 11.6 Å². The third-order valence-electron chi connectivity index (χ3n) is 2.22. The maximum absolute atomic E-state index is 11.8. The molecule has 0 heterocycles. The molecule has 1 aromatic carbocycles. The average Bonchev–Trinajstić information content (AvgIpc) is 2.26. The predicted molar refractivity (Wildman–Crippen MR) is 56.9 cm³/mol. The number of nitro groups is 1. The van der Waals surface area contributed by atoms with Crippen LogP contribution >= 0.6 is 0 Å². The molecule has 0 fully saturated rings. The van der Waals surface area contributed by atoms with Crippen molar-refractivity contribution in [1.29, 1.82) is 0 Å². The number of benzene rings is 1. The Morgan fingerprint density at radius 2 is 2.12 bits per heavy atom. The van der Waals surface area contributed by atoms with Gasteiger partial charge in [0.1, 0.15) is 5.56 Å². The Balaban J connectivity index is 3.31. The van der Waals surface area contributed by atoms with Crippen molar-refractivity contribution in [3.63, 3.8) is 0 Å². The summed E-state index contributed by atoms with van der Waals surface area (Å²) in [7, 11) is 2.72. The second kappa shape index (κ2) is 4.71. The van der Waals surface area contributed by atoms with Gasteiger partial charge in [-0.2, -0.15) is 0 Å². The highest BCUT2D eigenvalue weighted by Gasteiger charge is 2.24. The fraction of sp³-hybridized carbons (Fsp3) is 0.300. The number of aryl methyl sites for hydroxylation is 1. The van der Waals surface area contributed by atoms with Crippen molar-refractivity contribution in [3.8, 4) is 0 Å². The van der Waals surface area contributed by atoms with Crippen LogP contribution in [-0.4, -0.2) is 30.1 Å². The van der Waals surface area contributed by atoms with Gasteiger partial charge in [-0.1, -0.05) is 12.1 Å². The summed E-state index contributed by atoms with van der Waals surface area (Å²) >= 11 is 0. The standard InChI is InChI=1S/C10H12N2O4/c1-7-5-4-6-8(12(14)15)9(7)10(13)11(2)16-3/h4-6H,1-3H3. The van der Waals surface area contributed by atoms with Gasteiger partial charge >= 0.3 is 0 Å². The van der Waals surface area contributed by atoms with Gasteiger partial charge in [0.05, 0.1) is 12.0 Å². The molecule has 0 unspecified atom stereocenters. The van der Waals surface area contributed by atoms with Gasteiger partial charge in [0.15, 0.2) is 0 Å². The van der Waals surface area contributed by atoms with Crippen molar-refractivity contribution in [3.05, 3.63) is 39.4 Å². The maximum atomic E-state index is 11.8. The largest absolute Gasteiger partial charge is 0.284 e. The summed E-state index contributed by atoms with van der Waals surface area (Å²) in [5, 5.41) is 11.7. The zero-order valence-corrected chi connectivity index (χ0v) is 9.26. The number of amides is 1. The number of hydrogen-bond donors (Lipinski definition) is 0. The van der Waals surface area contributed by atoms with Crippen molar-refractivity contribution in [2.75, 3.05) is 14.2 Å². The number of nitrogens with zero attached hydrogens (tertiary/aromatic N) is 2. The lowest BCUT2D eigenvalue weighted by Crippen LogP contribution is -2.26. The van der Waals surface area contributed by atoms with Crippen LogP contribution in [0.5, 0.6) is 0 Å². The van der Waals surface area contributed by atoms with E-state index in [2.05, 4.69) is 0 Å². The second-order valence-corrected chi connectivity index (χ2v) is 3.21. The molecule has 0 bridgehead atoms. The van der Waals surface area contributed by atoms with Gasteiger partial charge in [-0.15, -0.1) is 0 Å². The monoisotopic (exact) mass is 224 g/mol. The lowest BCUT2D eigenvalue weighted by atomic mass is 10.1. The Hall–Kier alpha value is -1.95. The molecule has 0 radical (unpaired) electrons. The highest BCUT2D eigenvalue weighted by molar-refractivity contribution is 5.98. The van der Waals surface area contributed by atoms with Gasteiger partial charge in [-0.3, -0.25) is 19.7 Å². The van der Waals surface area contributed by atoms with E-state index in [9.17, 15) is 14.9 Å². The molecule has 1 amide bonds. The summed E-state index contributed by atoms with van der Waals surface area (Å²) in [5.41, 5.74) is 0.383. The fourth-order valence-electron chi connectivity index (χ4n) is 1.32. The third-order valence-corrected chi connectivity index (χ3v) is 2.22. The van der Waals surface area contributed by atoms with Crippen molar-refractivity contribution in [1.82, 2.24) is 5.06 Å². The lowest BCUT2D eigenvalue weighted by molar-refractivity contribution is -0.385. The van der Waals surface area contributed by atoms with Gasteiger partial charge in [0, 0.05) is 13.1 Å². The zero-order valence-electron chi connectivity index (χ0n) is 9.26. The van der Waals surface area contributed by atoms with Crippen LogP contribution < -0.4 is 0 Å². The molecule has 1 rings (SSSR count). The first-order valence-electron chi connectivity index (χ1n) is 4.55. The van der Waals surface area contributed by atoms with Crippen molar-refractivity contribution in [2.45, 2.75) is 6.92 Å². The van der Waals surface area contributed by atoms with E-state index in [0.717, 1.165) is 5.06 Å². The van der Waals surface area contributed by atoms with Crippen LogP contribution in [0.4, 0.5) is 5.69 Å². The summed E-state index contributed by atoms with van der Waals surface area (Å²) in [6.07, 6.45) is 0. The molecule has 0 aliphatic rings. The van der Waals surface area contributed by atoms with Crippen molar-refractivity contribution >= 4 is 11.6 Å². The van der Waals surface area contributed by atoms with Gasteiger partial charge in [0.2, 0.25) is 0 Å². The summed E-state index contributed by atoms with van der Waals surface area (Å²) in [5.74, 6) is -0.535. The first-order chi connectivity index (χ1) is 7.49. The molecule has 16 heavy (non-hydrogen) atoms. The summed E-state index contributed by atoms with van der Waals surface area (Å²) in [6.45, 7) is 1.64. The highest BCUT2D eigenvalue weighted by Crippen LogP contribution is 2.23. The molecule has 0 aromatic heterocycles. The SMILES string of the molecule is CON(C)C(=O)c1c(C)cccc1[N+](=O)[O-]. The van der Waals surface area contributed by atoms with Crippen LogP contribution in [0.15, 0.2) is 18.2 Å². The number of nitro benzene ring substituents is 1. The van der Waals surface area contributed by atoms with E-state index in [1.165, 1.54) is 26.3 Å². The molecule has 6 heteroatoms. The molecule has 0 saturated heterocycles. The molecule has 0 saturated carbocycles. The van der Waals surface area contributed by atoms with Crippen LogP contribution in [-0.2, 0) is 4.84 Å². The van der Waals surface area contributed by atoms with E-state index in [0.29, 0.717) is 5.56 Å². The minimum atomic E-state index is -0.580. The third kappa shape index (κ3) is 2.17. The van der Waals surface area contributed by atoms with E-state index in [1.807, 2.05) is 0 Å². The number of carbonyl (C=O) groups is 1. The molecule has 0 N–H and O–H groups in total. The van der Waals surface area contributed by atoms with Crippen LogP contribution in [0.25, 0.3) is 0 Å². The second-order valence-electron chi connectivity index (χ2n) is 3.21. The quantitative estimate of drug-likeness (QED) is 0.576. The van der Waals surface area contributed by atoms with Crippen LogP contribution in [0, 0.1) is 17.0 Å². The van der Waals surface area contributed by atoms with Gasteiger partial charge in [-0.25, -0.2) is 5.06 Å². The van der Waals surface area contributed by atoms with E-state index in [4.69, 9.17) is 4.84 Å². The van der Waals surface area contributed by atoms with Crippen LogP contribution in [0.3, 0.4) is 0 Å². The van der Waals surface area contributed by atoms with Crippen molar-refractivity contribution in [2.24, 2.45) is 0 Å². The molecule has 6 nitrogen and oxygen atoms in total. The first kappa shape index (κ1) is 12.1. The molecule has 0 spiro atoms. The summed E-state index contributed by atoms with van der Waals surface area (Å²) in [4.78, 5) is 26.7. The number of carbonyl (C=O) groups excluding carboxylic acids is 1. The fourth-order valence-corrected chi connectivity index (χ4v) is 1.32. The number of rotatable bonds is 3. The topological polar surface area (TPSA) is 72.7 Å². The minimum absolute atomic E-state index is 0.0526. The molecule has 86 valence electrons. The highest BCUT2D eigenvalue weighted by atomic mass is 16.7. The molecule has 0 aliphatic carbocycles. The van der Waals surface area contributed by atoms with Crippen LogP contribution in [0.1, 0.15) is 15.9 Å². The van der Waals surface area contributed by atoms with Crippen LogP contribution in [0.2, 0.25) is 0 Å². The lowest BCUT2D eigenvalue weighted by Gasteiger charge is -2.14. The summed E-state index contributed by atoms with van der Waals surface area (Å²) in [6, 6.07) is 4.48. The molecular weight excluding hydrogens is 212 g/mol. The first-order valence-corrected chi connectivity index (χ1v) is 4.55. The Bertz CT molecular complexity index is 431. The Morgan fingerprint density at radius 1 is 1.50 bits per heavy atom. The smallest absolute Gasteiger partial charge is 0.274 e. The van der Waals surface area contributed by atoms with Gasteiger partial charge in [-0.05, 0) is 12.5 Å². The Kier molecular flexibility index (Phi) is 3.57. The van der Waals surface area contributed by atoms with Crippen molar-refractivity contribution < 1.29 is 14.6 Å². The Labute approximate surface area is 92.5 Å². The van der Waals surface area contributed by atoms with E-state index < -0.39 is 10.8 Å². The molecule has 0 aliphatic heterocycles.